The Morgan fingerprint density at radius 1 is 1.47 bits per heavy atom. The molecule has 2 aliphatic heterocycles. The summed E-state index contributed by atoms with van der Waals surface area (Å²) >= 11 is 0. The van der Waals surface area contributed by atoms with Crippen LogP contribution in [-0.4, -0.2) is 43.2 Å². The summed E-state index contributed by atoms with van der Waals surface area (Å²) < 4.78 is 5.38. The number of hydrogen-bond acceptors (Lipinski definition) is 3. The molecule has 0 unspecified atom stereocenters. The largest absolute Gasteiger partial charge is 0.385 e. The molecule has 4 heteroatoms. The molecule has 1 saturated heterocycles. The predicted octanol–water partition coefficient (Wildman–Crippen LogP) is 1.91. The van der Waals surface area contributed by atoms with Crippen LogP contribution < -0.4 is 5.32 Å². The number of hydrogen-bond donors (Lipinski definition) is 1. The molecule has 1 aromatic carbocycles. The summed E-state index contributed by atoms with van der Waals surface area (Å²) in [6.07, 6.45) is 2.20. The number of aryl methyl sites for hydroxylation is 1. The number of ether oxygens (including phenoxy) is 1. The van der Waals surface area contributed by atoms with E-state index in [1.807, 2.05) is 30.0 Å². The van der Waals surface area contributed by atoms with E-state index >= 15 is 0 Å². The third-order valence-electron chi connectivity index (χ3n) is 3.92. The van der Waals surface area contributed by atoms with Gasteiger partial charge in [0.2, 0.25) is 0 Å². The van der Waals surface area contributed by atoms with E-state index in [0.29, 0.717) is 19.8 Å². The molecule has 0 aromatic heterocycles. The molecule has 102 valence electrons. The van der Waals surface area contributed by atoms with Gasteiger partial charge in [-0.1, -0.05) is 0 Å². The van der Waals surface area contributed by atoms with Crippen molar-refractivity contribution in [3.63, 3.8) is 0 Å². The van der Waals surface area contributed by atoms with Crippen molar-refractivity contribution in [2.24, 2.45) is 0 Å². The number of carbonyl (C=O) groups is 1. The molecule has 1 N–H and O–H groups in total. The molecular weight excluding hydrogens is 240 g/mol. The molecule has 0 spiro atoms. The van der Waals surface area contributed by atoms with E-state index in [4.69, 9.17) is 4.74 Å². The highest BCUT2D eigenvalue weighted by molar-refractivity contribution is 5.95. The Labute approximate surface area is 113 Å². The van der Waals surface area contributed by atoms with Crippen molar-refractivity contribution in [1.82, 2.24) is 4.90 Å². The predicted molar refractivity (Wildman–Crippen MR) is 74.6 cm³/mol. The van der Waals surface area contributed by atoms with Gasteiger partial charge in [-0.25, -0.2) is 0 Å². The smallest absolute Gasteiger partial charge is 0.254 e. The van der Waals surface area contributed by atoms with Gasteiger partial charge in [0.1, 0.15) is 0 Å². The zero-order chi connectivity index (χ0) is 13.2. The Bertz CT molecular complexity index is 487. The first-order valence-electron chi connectivity index (χ1n) is 7.01. The van der Waals surface area contributed by atoms with Gasteiger partial charge in [-0.05, 0) is 43.5 Å². The summed E-state index contributed by atoms with van der Waals surface area (Å²) in [7, 11) is 0. The lowest BCUT2D eigenvalue weighted by atomic mass is 10.00. The Morgan fingerprint density at radius 3 is 3.21 bits per heavy atom. The van der Waals surface area contributed by atoms with Crippen LogP contribution in [0.5, 0.6) is 0 Å². The van der Waals surface area contributed by atoms with Gasteiger partial charge < -0.3 is 15.0 Å². The van der Waals surface area contributed by atoms with E-state index in [2.05, 4.69) is 5.32 Å². The fourth-order valence-electron chi connectivity index (χ4n) is 2.80. The molecule has 1 amide bonds. The topological polar surface area (TPSA) is 41.6 Å². The van der Waals surface area contributed by atoms with Crippen LogP contribution in [0.15, 0.2) is 18.2 Å². The molecule has 1 fully saturated rings. The molecule has 4 nitrogen and oxygen atoms in total. The summed E-state index contributed by atoms with van der Waals surface area (Å²) in [6.45, 7) is 5.04. The lowest BCUT2D eigenvalue weighted by Gasteiger charge is -2.33. The average Bonchev–Trinajstić information content (AvgIpc) is 2.46. The van der Waals surface area contributed by atoms with Crippen LogP contribution in [0.25, 0.3) is 0 Å². The second-order valence-corrected chi connectivity index (χ2v) is 5.32. The summed E-state index contributed by atoms with van der Waals surface area (Å²) in [5, 5.41) is 3.37. The summed E-state index contributed by atoms with van der Waals surface area (Å²) in [5.74, 6) is 0.129. The minimum Gasteiger partial charge on any atom is -0.385 e. The first-order valence-corrected chi connectivity index (χ1v) is 7.01. The number of nitrogens with zero attached hydrogens (tertiary/aromatic N) is 1. The number of amides is 1. The normalized spacial score (nSPS) is 22.6. The number of rotatable bonds is 1. The third kappa shape index (κ3) is 2.45. The molecule has 19 heavy (non-hydrogen) atoms. The number of benzene rings is 1. The van der Waals surface area contributed by atoms with Crippen molar-refractivity contribution in [2.45, 2.75) is 25.8 Å². The van der Waals surface area contributed by atoms with Crippen LogP contribution >= 0.6 is 0 Å². The Morgan fingerprint density at radius 2 is 2.37 bits per heavy atom. The van der Waals surface area contributed by atoms with E-state index in [1.165, 1.54) is 11.3 Å². The van der Waals surface area contributed by atoms with Gasteiger partial charge in [0, 0.05) is 24.3 Å². The Hall–Kier alpha value is -1.55. The molecule has 1 aromatic rings. The van der Waals surface area contributed by atoms with Crippen molar-refractivity contribution >= 4 is 11.6 Å². The number of nitrogens with one attached hydrogen (secondary N) is 1. The molecule has 0 aliphatic carbocycles. The number of morpholine rings is 1. The second kappa shape index (κ2) is 5.21. The van der Waals surface area contributed by atoms with Gasteiger partial charge in [-0.15, -0.1) is 0 Å². The highest BCUT2D eigenvalue weighted by Gasteiger charge is 2.25. The summed E-state index contributed by atoms with van der Waals surface area (Å²) in [4.78, 5) is 14.5. The lowest BCUT2D eigenvalue weighted by molar-refractivity contribution is 0.00359. The zero-order valence-electron chi connectivity index (χ0n) is 11.3. The number of anilines is 1. The number of fused-ring (bicyclic) bond motifs is 1. The van der Waals surface area contributed by atoms with Crippen molar-refractivity contribution < 1.29 is 9.53 Å². The maximum absolute atomic E-state index is 12.5. The highest BCUT2D eigenvalue weighted by Crippen LogP contribution is 2.24. The van der Waals surface area contributed by atoms with Crippen LogP contribution in [0.2, 0.25) is 0 Å². The van der Waals surface area contributed by atoms with E-state index in [1.54, 1.807) is 0 Å². The van der Waals surface area contributed by atoms with Crippen molar-refractivity contribution in [2.75, 3.05) is 31.6 Å². The zero-order valence-corrected chi connectivity index (χ0v) is 11.3. The molecule has 0 saturated carbocycles. The molecule has 2 aliphatic rings. The van der Waals surface area contributed by atoms with Gasteiger partial charge in [-0.3, -0.25) is 4.79 Å². The fraction of sp³-hybridized carbons (Fsp3) is 0.533. The quantitative estimate of drug-likeness (QED) is 0.838. The maximum Gasteiger partial charge on any atom is 0.254 e. The van der Waals surface area contributed by atoms with Crippen LogP contribution in [0.1, 0.15) is 29.3 Å². The standard InChI is InChI=1S/C15H20N2O2/c1-11-10-19-8-7-17(11)15(18)13-4-5-14-12(9-13)3-2-6-16-14/h4-5,9,11,16H,2-3,6-8,10H2,1H3/t11-/m1/s1. The molecule has 0 radical (unpaired) electrons. The summed E-state index contributed by atoms with van der Waals surface area (Å²) in [5.41, 5.74) is 3.24. The van der Waals surface area contributed by atoms with Crippen LogP contribution in [0.4, 0.5) is 5.69 Å². The van der Waals surface area contributed by atoms with Gasteiger partial charge in [0.05, 0.1) is 19.3 Å². The Balaban J connectivity index is 1.83. The van der Waals surface area contributed by atoms with E-state index < -0.39 is 0 Å². The minimum atomic E-state index is 0.129. The van der Waals surface area contributed by atoms with E-state index in [9.17, 15) is 4.79 Å². The van der Waals surface area contributed by atoms with Crippen LogP contribution in [-0.2, 0) is 11.2 Å². The molecular formula is C15H20N2O2. The maximum atomic E-state index is 12.5. The first-order chi connectivity index (χ1) is 9.25. The van der Waals surface area contributed by atoms with E-state index in [0.717, 1.165) is 24.9 Å². The second-order valence-electron chi connectivity index (χ2n) is 5.32. The lowest BCUT2D eigenvalue weighted by Crippen LogP contribution is -2.47. The van der Waals surface area contributed by atoms with E-state index in [-0.39, 0.29) is 11.9 Å². The molecule has 3 rings (SSSR count). The van der Waals surface area contributed by atoms with Crippen molar-refractivity contribution in [1.29, 1.82) is 0 Å². The molecule has 0 bridgehead atoms. The fourth-order valence-corrected chi connectivity index (χ4v) is 2.80. The summed E-state index contributed by atoms with van der Waals surface area (Å²) in [6, 6.07) is 6.18. The SMILES string of the molecule is C[C@@H]1COCCN1C(=O)c1ccc2c(c1)CCCN2. The number of carbonyl (C=O) groups excluding carboxylic acids is 1. The van der Waals surface area contributed by atoms with Crippen LogP contribution in [0, 0.1) is 0 Å². The molecule has 2 heterocycles. The highest BCUT2D eigenvalue weighted by atomic mass is 16.5. The minimum absolute atomic E-state index is 0.129. The van der Waals surface area contributed by atoms with Gasteiger partial charge >= 0.3 is 0 Å². The van der Waals surface area contributed by atoms with Crippen molar-refractivity contribution in [3.05, 3.63) is 29.3 Å². The third-order valence-corrected chi connectivity index (χ3v) is 3.92. The van der Waals surface area contributed by atoms with Crippen molar-refractivity contribution in [3.8, 4) is 0 Å². The van der Waals surface area contributed by atoms with Crippen LogP contribution in [0.3, 0.4) is 0 Å². The Kier molecular flexibility index (Phi) is 3.42. The van der Waals surface area contributed by atoms with Gasteiger partial charge in [0.25, 0.3) is 5.91 Å². The first kappa shape index (κ1) is 12.5. The monoisotopic (exact) mass is 260 g/mol. The van der Waals surface area contributed by atoms with Gasteiger partial charge in [-0.2, -0.15) is 0 Å². The average molecular weight is 260 g/mol. The molecule has 1 atom stereocenters. The van der Waals surface area contributed by atoms with Gasteiger partial charge in [0.15, 0.2) is 0 Å².